The summed E-state index contributed by atoms with van der Waals surface area (Å²) < 4.78 is 1.98. The summed E-state index contributed by atoms with van der Waals surface area (Å²) >= 11 is 0. The highest BCUT2D eigenvalue weighted by Gasteiger charge is 2.46. The number of carboxylic acid groups (broad SMARTS) is 1. The fourth-order valence-electron chi connectivity index (χ4n) is 9.07. The van der Waals surface area contributed by atoms with Gasteiger partial charge in [0.15, 0.2) is 5.69 Å². The summed E-state index contributed by atoms with van der Waals surface area (Å²) in [4.78, 5) is 41.1. The smallest absolute Gasteiger partial charge is 0.303 e. The summed E-state index contributed by atoms with van der Waals surface area (Å²) in [5.41, 5.74) is 1.92. The van der Waals surface area contributed by atoms with E-state index in [-0.39, 0.29) is 30.1 Å². The minimum absolute atomic E-state index is 0.0733. The zero-order valence-corrected chi connectivity index (χ0v) is 26.2. The molecule has 2 saturated heterocycles. The van der Waals surface area contributed by atoms with Gasteiger partial charge in [-0.3, -0.25) is 14.5 Å². The van der Waals surface area contributed by atoms with Crippen molar-refractivity contribution in [3.05, 3.63) is 40.3 Å². The van der Waals surface area contributed by atoms with Crippen LogP contribution >= 0.6 is 0 Å². The molecular weight excluding hydrogens is 542 g/mol. The number of hydrogen-bond donors (Lipinski definition) is 1. The number of aromatic nitrogens is 2. The Morgan fingerprint density at radius 3 is 2.35 bits per heavy atom. The second-order valence-electron chi connectivity index (χ2n) is 14.2. The van der Waals surface area contributed by atoms with E-state index in [0.717, 1.165) is 41.6 Å². The molecule has 0 radical (unpaired) electrons. The molecule has 2 saturated carbocycles. The Morgan fingerprint density at radius 1 is 0.977 bits per heavy atom. The summed E-state index contributed by atoms with van der Waals surface area (Å²) in [5, 5.41) is 13.7. The molecule has 0 spiro atoms. The molecule has 43 heavy (non-hydrogen) atoms. The van der Waals surface area contributed by atoms with Gasteiger partial charge in [-0.2, -0.15) is 0 Å². The van der Waals surface area contributed by atoms with E-state index in [9.17, 15) is 14.7 Å². The van der Waals surface area contributed by atoms with Crippen molar-refractivity contribution in [3.63, 3.8) is 0 Å². The van der Waals surface area contributed by atoms with Crippen LogP contribution in [0.15, 0.2) is 34.2 Å². The average Bonchev–Trinajstić information content (AvgIpc) is 2.95. The molecule has 234 valence electrons. The number of likely N-dealkylation sites (N-methyl/N-ethyl adjacent to an activating group) is 1. The molecule has 4 atom stereocenters. The molecule has 3 heterocycles. The van der Waals surface area contributed by atoms with Gasteiger partial charge in [0, 0.05) is 37.1 Å². The lowest BCUT2D eigenvalue weighted by molar-refractivity contribution is -0.136. The first kappa shape index (κ1) is 30.3. The molecule has 4 fully saturated rings. The minimum Gasteiger partial charge on any atom is -0.481 e. The van der Waals surface area contributed by atoms with Gasteiger partial charge < -0.3 is 19.4 Å². The number of rotatable bonds is 10. The third-order valence-corrected chi connectivity index (χ3v) is 10.6. The van der Waals surface area contributed by atoms with Crippen molar-refractivity contribution in [2.24, 2.45) is 22.9 Å². The number of piperidine rings is 2. The average molecular weight is 592 g/mol. The second-order valence-corrected chi connectivity index (χ2v) is 14.2. The van der Waals surface area contributed by atoms with Crippen LogP contribution in [0.5, 0.6) is 0 Å². The molecule has 4 unspecified atom stereocenters. The first-order valence-electron chi connectivity index (χ1n) is 16.6. The van der Waals surface area contributed by atoms with Crippen molar-refractivity contribution < 1.29 is 14.7 Å². The topological polar surface area (TPSA) is 100 Å². The summed E-state index contributed by atoms with van der Waals surface area (Å²) in [5.74, 6) is 1.69. The lowest BCUT2D eigenvalue weighted by atomic mass is 9.65. The maximum Gasteiger partial charge on any atom is 0.303 e. The van der Waals surface area contributed by atoms with Gasteiger partial charge in [-0.15, -0.1) is 0 Å². The van der Waals surface area contributed by atoms with Gasteiger partial charge >= 0.3 is 5.97 Å². The summed E-state index contributed by atoms with van der Waals surface area (Å²) in [6, 6.07) is 9.60. The third kappa shape index (κ3) is 6.68. The van der Waals surface area contributed by atoms with E-state index in [0.29, 0.717) is 37.0 Å². The highest BCUT2D eigenvalue weighted by atomic mass is 16.6. The van der Waals surface area contributed by atoms with Crippen LogP contribution in [0.25, 0.3) is 11.0 Å². The number of benzene rings is 1. The molecule has 1 N–H and O–H groups in total. The van der Waals surface area contributed by atoms with Crippen molar-refractivity contribution in [1.29, 1.82) is 0 Å². The quantitative estimate of drug-likeness (QED) is 0.227. The monoisotopic (exact) mass is 591 g/mol. The van der Waals surface area contributed by atoms with Gasteiger partial charge in [0.1, 0.15) is 12.3 Å². The molecular formula is C34H49N5O4. The van der Waals surface area contributed by atoms with Crippen molar-refractivity contribution >= 4 is 22.7 Å². The highest BCUT2D eigenvalue weighted by Crippen LogP contribution is 2.48. The van der Waals surface area contributed by atoms with Crippen molar-refractivity contribution in [1.82, 2.24) is 19.4 Å². The van der Waals surface area contributed by atoms with Gasteiger partial charge in [-0.05, 0) is 102 Å². The largest absolute Gasteiger partial charge is 0.481 e. The minimum atomic E-state index is -0.941. The fraction of sp³-hybridized carbons (Fsp3) is 0.706. The van der Waals surface area contributed by atoms with Gasteiger partial charge in [0.25, 0.3) is 5.56 Å². The van der Waals surface area contributed by atoms with Crippen LogP contribution in [0.2, 0.25) is 0 Å². The number of carbonyl (C=O) groups is 1. The van der Waals surface area contributed by atoms with Crippen LogP contribution in [0.3, 0.4) is 0 Å². The Morgan fingerprint density at radius 2 is 1.67 bits per heavy atom. The highest BCUT2D eigenvalue weighted by molar-refractivity contribution is 6.00. The summed E-state index contributed by atoms with van der Waals surface area (Å²) in [6.07, 6.45) is 12.4. The van der Waals surface area contributed by atoms with Crippen LogP contribution in [0.1, 0.15) is 95.7 Å². The van der Waals surface area contributed by atoms with Gasteiger partial charge in [0.05, 0.1) is 17.5 Å². The number of hydrogen-bond acceptors (Lipinski definition) is 7. The molecule has 6 rings (SSSR count). The van der Waals surface area contributed by atoms with Gasteiger partial charge in [-0.25, -0.2) is 4.98 Å². The lowest BCUT2D eigenvalue weighted by Crippen LogP contribution is -2.59. The number of aliphatic carboxylic acids is 1. The van der Waals surface area contributed by atoms with E-state index in [4.69, 9.17) is 9.82 Å². The van der Waals surface area contributed by atoms with Crippen molar-refractivity contribution in [2.45, 2.75) is 108 Å². The number of para-hydroxylation sites is 2. The molecule has 2 aromatic rings. The van der Waals surface area contributed by atoms with E-state index in [1.165, 1.54) is 51.4 Å². The van der Waals surface area contributed by atoms with Crippen LogP contribution in [0.4, 0.5) is 0 Å². The van der Waals surface area contributed by atoms with Crippen LogP contribution in [0, 0.1) is 17.8 Å². The van der Waals surface area contributed by atoms with E-state index >= 15 is 0 Å². The standard InChI is InChI=1S/C34H49N5O4/c1-22-15-23-17-24(16-22)19-27(18-23)38-25-7-6-8-26(38)21-28(20-25)39-31-10-5-4-9-29(31)35-33(34(39)42)30(11-12-32(40)41)36-43-14-13-37(2)3/h4-5,9-10,22-28H,6-8,11-21H2,1-3H3,(H,40,41). The van der Waals surface area contributed by atoms with Gasteiger partial charge in [0.2, 0.25) is 0 Å². The number of oxime groups is 1. The number of nitrogens with zero attached hydrogens (tertiary/aromatic N) is 5. The molecule has 9 nitrogen and oxygen atoms in total. The number of carboxylic acids is 1. The first-order valence-corrected chi connectivity index (χ1v) is 16.6. The Balaban J connectivity index is 1.31. The Kier molecular flexibility index (Phi) is 9.19. The molecule has 1 aromatic carbocycles. The van der Waals surface area contributed by atoms with Crippen LogP contribution < -0.4 is 5.56 Å². The fourth-order valence-corrected chi connectivity index (χ4v) is 9.07. The zero-order chi connectivity index (χ0) is 30.1. The van der Waals surface area contributed by atoms with Crippen LogP contribution in [-0.2, 0) is 9.63 Å². The maximum absolute atomic E-state index is 14.4. The van der Waals surface area contributed by atoms with E-state index < -0.39 is 5.97 Å². The Bertz CT molecular complexity index is 1360. The van der Waals surface area contributed by atoms with Crippen molar-refractivity contribution in [3.8, 4) is 0 Å². The van der Waals surface area contributed by atoms with E-state index in [1.54, 1.807) is 0 Å². The van der Waals surface area contributed by atoms with E-state index in [2.05, 4.69) is 17.0 Å². The molecule has 4 aliphatic rings. The normalized spacial score (nSPS) is 31.3. The molecule has 4 bridgehead atoms. The predicted molar refractivity (Wildman–Crippen MR) is 168 cm³/mol. The van der Waals surface area contributed by atoms with E-state index in [1.807, 2.05) is 47.8 Å². The molecule has 2 aliphatic heterocycles. The summed E-state index contributed by atoms with van der Waals surface area (Å²) in [6.45, 7) is 3.45. The number of fused-ring (bicyclic) bond motifs is 5. The van der Waals surface area contributed by atoms with Crippen LogP contribution in [-0.4, -0.2) is 81.5 Å². The predicted octanol–water partition coefficient (Wildman–Crippen LogP) is 5.32. The van der Waals surface area contributed by atoms with Gasteiger partial charge in [-0.1, -0.05) is 30.6 Å². The molecule has 9 heteroatoms. The lowest BCUT2D eigenvalue weighted by Gasteiger charge is -2.55. The maximum atomic E-state index is 14.4. The third-order valence-electron chi connectivity index (χ3n) is 10.6. The van der Waals surface area contributed by atoms with Crippen molar-refractivity contribution in [2.75, 3.05) is 27.2 Å². The molecule has 1 aromatic heterocycles. The zero-order valence-electron chi connectivity index (χ0n) is 26.2. The Hall–Kier alpha value is -2.78. The first-order chi connectivity index (χ1) is 20.8. The Labute approximate surface area is 255 Å². The molecule has 2 aliphatic carbocycles. The SMILES string of the molecule is CC1CC2CC(C1)CC(N1C3CCCC1CC(n1c(=O)c(C(CCC(=O)O)=NOCCN(C)C)nc4ccccc41)C3)C2. The summed E-state index contributed by atoms with van der Waals surface area (Å²) in [7, 11) is 3.89. The second kappa shape index (κ2) is 13.1. The molecule has 0 amide bonds.